The van der Waals surface area contributed by atoms with Gasteiger partial charge >= 0.3 is 39.5 Å². The van der Waals surface area contributed by atoms with Gasteiger partial charge in [0.1, 0.15) is 19.3 Å². The summed E-state index contributed by atoms with van der Waals surface area (Å²) in [6.45, 7) is 14.3. The van der Waals surface area contributed by atoms with Crippen LogP contribution in [0.4, 0.5) is 0 Å². The van der Waals surface area contributed by atoms with E-state index in [2.05, 4.69) is 55.4 Å². The molecule has 0 aromatic carbocycles. The van der Waals surface area contributed by atoms with E-state index in [-0.39, 0.29) is 25.7 Å². The first-order valence-electron chi connectivity index (χ1n) is 43.3. The lowest BCUT2D eigenvalue weighted by Gasteiger charge is -2.21. The van der Waals surface area contributed by atoms with Gasteiger partial charge in [-0.3, -0.25) is 37.3 Å². The molecule has 0 aliphatic carbocycles. The van der Waals surface area contributed by atoms with Gasteiger partial charge in [-0.1, -0.05) is 383 Å². The second-order valence-corrected chi connectivity index (χ2v) is 34.6. The standard InChI is InChI=1S/C84H164O17P2/c1-9-76(7)62-54-46-37-31-25-19-14-16-21-27-33-39-48-56-64-81(86)94-70-79(100-83(88)66-59-51-41-35-29-23-17-15-20-26-32-38-47-55-63-77(8)10-2)72-98-102(90,91)96-68-78(85)69-97-103(92,93)99-73-80(71-95-82(87)65-57-49-43-42-45-53-61-75(5)6)101-84(89)67-58-50-40-34-28-22-13-11-12-18-24-30-36-44-52-60-74(3)4/h74-80,85H,9-73H2,1-8H3,(H,90,91)(H,92,93)/t76?,77?,78?,79-,80-/m1/s1. The van der Waals surface area contributed by atoms with Gasteiger partial charge in [-0.2, -0.15) is 0 Å². The third-order valence-corrected chi connectivity index (χ3v) is 22.2. The van der Waals surface area contributed by atoms with Crippen LogP contribution in [-0.4, -0.2) is 96.7 Å². The van der Waals surface area contributed by atoms with Gasteiger partial charge in [-0.05, 0) is 49.4 Å². The smallest absolute Gasteiger partial charge is 0.462 e. The molecular weight excluding hydrogens is 1340 g/mol. The van der Waals surface area contributed by atoms with Crippen LogP contribution < -0.4 is 0 Å². The van der Waals surface area contributed by atoms with Crippen molar-refractivity contribution in [3.63, 3.8) is 0 Å². The van der Waals surface area contributed by atoms with Crippen molar-refractivity contribution in [3.05, 3.63) is 0 Å². The first kappa shape index (κ1) is 101. The van der Waals surface area contributed by atoms with Crippen LogP contribution in [0.5, 0.6) is 0 Å². The SMILES string of the molecule is CCC(C)CCCCCCCCCCCCCCCCC(=O)OC[C@H](COP(=O)(O)OCC(O)COP(=O)(O)OC[C@@H](COC(=O)CCCCCCCCC(C)C)OC(=O)CCCCCCCCCCCCCCCCCC(C)C)OC(=O)CCCCCCCCCCCCCCCCC(C)CC. The second kappa shape index (κ2) is 72.9. The molecular formula is C84H164O17P2. The number of aliphatic hydroxyl groups excluding tert-OH is 1. The lowest BCUT2D eigenvalue weighted by Crippen LogP contribution is -2.30. The maximum Gasteiger partial charge on any atom is 0.472 e. The van der Waals surface area contributed by atoms with E-state index in [1.54, 1.807) is 0 Å². The summed E-state index contributed by atoms with van der Waals surface area (Å²) < 4.78 is 68.8. The van der Waals surface area contributed by atoms with Crippen molar-refractivity contribution in [2.24, 2.45) is 23.7 Å². The molecule has 17 nitrogen and oxygen atoms in total. The van der Waals surface area contributed by atoms with Crippen molar-refractivity contribution < 1.29 is 80.2 Å². The van der Waals surface area contributed by atoms with E-state index in [0.717, 1.165) is 114 Å². The molecule has 0 saturated carbocycles. The van der Waals surface area contributed by atoms with Crippen LogP contribution in [0.25, 0.3) is 0 Å². The minimum Gasteiger partial charge on any atom is -0.462 e. The molecule has 0 amide bonds. The number of rotatable bonds is 81. The first-order chi connectivity index (χ1) is 49.7. The van der Waals surface area contributed by atoms with E-state index in [9.17, 15) is 43.2 Å². The van der Waals surface area contributed by atoms with Crippen molar-refractivity contribution in [1.82, 2.24) is 0 Å². The molecule has 7 atom stereocenters. The number of carbonyl (C=O) groups is 4. The highest BCUT2D eigenvalue weighted by Crippen LogP contribution is 2.45. The average molecular weight is 1510 g/mol. The maximum absolute atomic E-state index is 13.1. The Morgan fingerprint density at radius 1 is 0.272 bits per heavy atom. The number of carbonyl (C=O) groups excluding carboxylic acids is 4. The molecule has 0 bridgehead atoms. The Hall–Kier alpha value is -1.94. The molecule has 0 aromatic heterocycles. The van der Waals surface area contributed by atoms with Crippen molar-refractivity contribution >= 4 is 39.5 Å². The topological polar surface area (TPSA) is 237 Å². The largest absolute Gasteiger partial charge is 0.472 e. The van der Waals surface area contributed by atoms with Gasteiger partial charge in [-0.25, -0.2) is 9.13 Å². The van der Waals surface area contributed by atoms with E-state index in [4.69, 9.17) is 37.0 Å². The molecule has 19 heteroatoms. The van der Waals surface area contributed by atoms with Crippen LogP contribution in [0.3, 0.4) is 0 Å². The zero-order chi connectivity index (χ0) is 76.0. The van der Waals surface area contributed by atoms with E-state index in [0.29, 0.717) is 31.6 Å². The number of unbranched alkanes of at least 4 members (excludes halogenated alkanes) is 45. The minimum atomic E-state index is -4.97. The summed E-state index contributed by atoms with van der Waals surface area (Å²) in [5.74, 6) is 1.07. The third-order valence-electron chi connectivity index (χ3n) is 20.3. The highest BCUT2D eigenvalue weighted by atomic mass is 31.2. The van der Waals surface area contributed by atoms with E-state index in [1.807, 2.05) is 0 Å². The number of hydrogen-bond acceptors (Lipinski definition) is 15. The molecule has 0 spiro atoms. The lowest BCUT2D eigenvalue weighted by molar-refractivity contribution is -0.161. The number of phosphoric acid groups is 2. The number of ether oxygens (including phenoxy) is 4. The summed E-state index contributed by atoms with van der Waals surface area (Å²) in [6.07, 6.45) is 61.1. The molecule has 0 aliphatic rings. The van der Waals surface area contributed by atoms with Crippen LogP contribution >= 0.6 is 15.6 Å². The maximum atomic E-state index is 13.1. The van der Waals surface area contributed by atoms with Crippen LogP contribution in [-0.2, 0) is 65.4 Å². The fourth-order valence-corrected chi connectivity index (χ4v) is 14.5. The number of hydrogen-bond donors (Lipinski definition) is 3. The zero-order valence-corrected chi connectivity index (χ0v) is 69.7. The van der Waals surface area contributed by atoms with Crippen molar-refractivity contribution in [3.8, 4) is 0 Å². The molecule has 5 unspecified atom stereocenters. The Kier molecular flexibility index (Phi) is 71.5. The van der Waals surface area contributed by atoms with Gasteiger partial charge < -0.3 is 33.8 Å². The first-order valence-corrected chi connectivity index (χ1v) is 46.3. The molecule has 0 saturated heterocycles. The van der Waals surface area contributed by atoms with Crippen LogP contribution in [0.1, 0.15) is 434 Å². The molecule has 0 rings (SSSR count). The molecule has 0 radical (unpaired) electrons. The highest BCUT2D eigenvalue weighted by molar-refractivity contribution is 7.47. The fourth-order valence-electron chi connectivity index (χ4n) is 12.9. The van der Waals surface area contributed by atoms with Crippen molar-refractivity contribution in [1.29, 1.82) is 0 Å². The molecule has 0 aliphatic heterocycles. The molecule has 0 fully saturated rings. The van der Waals surface area contributed by atoms with E-state index in [1.165, 1.54) is 231 Å². The lowest BCUT2D eigenvalue weighted by atomic mass is 9.99. The Bertz CT molecular complexity index is 2010. The molecule has 612 valence electrons. The van der Waals surface area contributed by atoms with Gasteiger partial charge in [0.05, 0.1) is 26.4 Å². The third kappa shape index (κ3) is 75.3. The normalized spacial score (nSPS) is 14.5. The predicted octanol–water partition coefficient (Wildman–Crippen LogP) is 25.2. The highest BCUT2D eigenvalue weighted by Gasteiger charge is 2.30. The monoisotopic (exact) mass is 1510 g/mol. The van der Waals surface area contributed by atoms with Crippen molar-refractivity contribution in [2.75, 3.05) is 39.6 Å². The number of aliphatic hydroxyl groups is 1. The van der Waals surface area contributed by atoms with Crippen molar-refractivity contribution in [2.45, 2.75) is 453 Å². The summed E-state index contributed by atoms with van der Waals surface area (Å²) in [7, 11) is -9.93. The van der Waals surface area contributed by atoms with E-state index < -0.39 is 97.5 Å². The summed E-state index contributed by atoms with van der Waals surface area (Å²) in [6, 6.07) is 0. The summed E-state index contributed by atoms with van der Waals surface area (Å²) >= 11 is 0. The van der Waals surface area contributed by atoms with Gasteiger partial charge in [0, 0.05) is 25.7 Å². The summed E-state index contributed by atoms with van der Waals surface area (Å²) in [4.78, 5) is 73.1. The molecule has 3 N–H and O–H groups in total. The van der Waals surface area contributed by atoms with Gasteiger partial charge in [0.2, 0.25) is 0 Å². The Labute approximate surface area is 632 Å². The van der Waals surface area contributed by atoms with Gasteiger partial charge in [0.15, 0.2) is 12.2 Å². The summed E-state index contributed by atoms with van der Waals surface area (Å²) in [5.41, 5.74) is 0. The van der Waals surface area contributed by atoms with Crippen LogP contribution in [0.15, 0.2) is 0 Å². The minimum absolute atomic E-state index is 0.106. The fraction of sp³-hybridized carbons (Fsp3) is 0.952. The van der Waals surface area contributed by atoms with Gasteiger partial charge in [0.25, 0.3) is 0 Å². The van der Waals surface area contributed by atoms with Gasteiger partial charge in [-0.15, -0.1) is 0 Å². The second-order valence-electron chi connectivity index (χ2n) is 31.7. The zero-order valence-electron chi connectivity index (χ0n) is 68.0. The average Bonchev–Trinajstić information content (AvgIpc) is 0.922. The quantitative estimate of drug-likeness (QED) is 0.0222. The number of esters is 4. The van der Waals surface area contributed by atoms with E-state index >= 15 is 0 Å². The number of phosphoric ester groups is 2. The Morgan fingerprint density at radius 2 is 0.466 bits per heavy atom. The summed E-state index contributed by atoms with van der Waals surface area (Å²) in [5, 5.41) is 10.7. The predicted molar refractivity (Wildman–Crippen MR) is 423 cm³/mol. The molecule has 103 heavy (non-hydrogen) atoms. The Morgan fingerprint density at radius 3 is 0.689 bits per heavy atom. The Balaban J connectivity index is 5.23. The van der Waals surface area contributed by atoms with Crippen LogP contribution in [0, 0.1) is 23.7 Å². The van der Waals surface area contributed by atoms with Crippen LogP contribution in [0.2, 0.25) is 0 Å². The molecule has 0 heterocycles. The molecule has 0 aromatic rings.